The van der Waals surface area contributed by atoms with E-state index in [2.05, 4.69) is 16.9 Å². The van der Waals surface area contributed by atoms with Gasteiger partial charge in [-0.3, -0.25) is 0 Å². The van der Waals surface area contributed by atoms with Crippen LogP contribution in [0.15, 0.2) is 0 Å². The monoisotopic (exact) mass is 198 g/mol. The van der Waals surface area contributed by atoms with E-state index in [1.165, 1.54) is 17.8 Å². The van der Waals surface area contributed by atoms with Gasteiger partial charge in [-0.1, -0.05) is 11.3 Å². The van der Waals surface area contributed by atoms with E-state index in [0.29, 0.717) is 11.0 Å². The molecule has 1 atom stereocenters. The van der Waals surface area contributed by atoms with Crippen molar-refractivity contribution in [3.63, 3.8) is 0 Å². The van der Waals surface area contributed by atoms with Crippen molar-refractivity contribution in [2.45, 2.75) is 19.3 Å². The van der Waals surface area contributed by atoms with Crippen LogP contribution in [-0.4, -0.2) is 35.1 Å². The Morgan fingerprint density at radius 1 is 1.62 bits per heavy atom. The molecule has 0 aromatic carbocycles. The number of nitrogens with zero attached hydrogens (tertiary/aromatic N) is 2. The molecule has 1 aliphatic heterocycles. The minimum atomic E-state index is 0.379. The zero-order valence-corrected chi connectivity index (χ0v) is 8.77. The van der Waals surface area contributed by atoms with Crippen LogP contribution >= 0.6 is 11.3 Å². The first-order valence-electron chi connectivity index (χ1n) is 4.51. The van der Waals surface area contributed by atoms with E-state index in [9.17, 15) is 5.11 Å². The van der Waals surface area contributed by atoms with Crippen molar-refractivity contribution < 1.29 is 5.11 Å². The lowest BCUT2D eigenvalue weighted by atomic mass is 10.1. The largest absolute Gasteiger partial charge is 0.498 e. The van der Waals surface area contributed by atoms with E-state index in [1.807, 2.05) is 6.92 Å². The van der Waals surface area contributed by atoms with Crippen LogP contribution in [0.4, 0.5) is 0 Å². The van der Waals surface area contributed by atoms with Gasteiger partial charge >= 0.3 is 0 Å². The Balaban J connectivity index is 2.17. The zero-order valence-electron chi connectivity index (χ0n) is 7.95. The molecule has 1 fully saturated rings. The van der Waals surface area contributed by atoms with Crippen molar-refractivity contribution in [2.24, 2.45) is 0 Å². The molecular formula is C9H14N2OS. The van der Waals surface area contributed by atoms with Crippen molar-refractivity contribution in [3.8, 4) is 5.06 Å². The summed E-state index contributed by atoms with van der Waals surface area (Å²) < 4.78 is 0. The van der Waals surface area contributed by atoms with Crippen LogP contribution in [0.5, 0.6) is 5.06 Å². The average Bonchev–Trinajstić information content (AvgIpc) is 2.61. The molecule has 0 spiro atoms. The van der Waals surface area contributed by atoms with Crippen LogP contribution < -0.4 is 0 Å². The Bertz CT molecular complexity index is 291. The number of rotatable bonds is 1. The first-order chi connectivity index (χ1) is 6.16. The number of likely N-dealkylation sites (tertiary alicyclic amines) is 1. The number of hydrogen-bond acceptors (Lipinski definition) is 4. The van der Waals surface area contributed by atoms with E-state index in [1.54, 1.807) is 0 Å². The fourth-order valence-corrected chi connectivity index (χ4v) is 2.65. The standard InChI is InChI=1S/C9H14N2OS/c1-6-9(12)13-8(10-6)7-3-4-11(2)5-7/h7,12H,3-5H2,1-2H3. The number of aryl methyl sites for hydroxylation is 1. The molecule has 1 N–H and O–H groups in total. The maximum absolute atomic E-state index is 9.41. The van der Waals surface area contributed by atoms with Crippen molar-refractivity contribution >= 4 is 11.3 Å². The highest BCUT2D eigenvalue weighted by Gasteiger charge is 2.24. The molecule has 72 valence electrons. The molecule has 0 aliphatic carbocycles. The van der Waals surface area contributed by atoms with Crippen LogP contribution in [-0.2, 0) is 0 Å². The Morgan fingerprint density at radius 3 is 2.85 bits per heavy atom. The first kappa shape index (κ1) is 8.97. The van der Waals surface area contributed by atoms with Gasteiger partial charge in [0.25, 0.3) is 0 Å². The fourth-order valence-electron chi connectivity index (χ4n) is 1.72. The van der Waals surface area contributed by atoms with Gasteiger partial charge < -0.3 is 10.0 Å². The van der Waals surface area contributed by atoms with Crippen molar-refractivity contribution in [1.29, 1.82) is 0 Å². The van der Waals surface area contributed by atoms with E-state index in [-0.39, 0.29) is 0 Å². The summed E-state index contributed by atoms with van der Waals surface area (Å²) in [5.41, 5.74) is 0.773. The van der Waals surface area contributed by atoms with Gasteiger partial charge in [0.1, 0.15) is 5.01 Å². The van der Waals surface area contributed by atoms with Crippen LogP contribution in [0.25, 0.3) is 0 Å². The summed E-state index contributed by atoms with van der Waals surface area (Å²) in [5.74, 6) is 0.537. The van der Waals surface area contributed by atoms with Gasteiger partial charge in [0, 0.05) is 12.5 Å². The lowest BCUT2D eigenvalue weighted by molar-refractivity contribution is 0.411. The molecule has 0 saturated carbocycles. The van der Waals surface area contributed by atoms with Crippen molar-refractivity contribution in [2.75, 3.05) is 20.1 Å². The van der Waals surface area contributed by atoms with Gasteiger partial charge in [-0.05, 0) is 26.9 Å². The van der Waals surface area contributed by atoms with Gasteiger partial charge in [-0.2, -0.15) is 0 Å². The molecule has 2 rings (SSSR count). The van der Waals surface area contributed by atoms with Crippen LogP contribution in [0, 0.1) is 6.92 Å². The van der Waals surface area contributed by atoms with Gasteiger partial charge in [-0.15, -0.1) is 0 Å². The second-order valence-corrected chi connectivity index (χ2v) is 4.70. The maximum atomic E-state index is 9.41. The molecule has 1 aromatic rings. The van der Waals surface area contributed by atoms with Gasteiger partial charge in [-0.25, -0.2) is 4.98 Å². The number of aromatic hydroxyl groups is 1. The Labute approximate surface area is 82.0 Å². The molecule has 4 heteroatoms. The Hall–Kier alpha value is -0.610. The maximum Gasteiger partial charge on any atom is 0.194 e. The number of hydrogen-bond donors (Lipinski definition) is 1. The SMILES string of the molecule is Cc1nc(C2CCN(C)C2)sc1O. The number of likely N-dealkylation sites (N-methyl/N-ethyl adjacent to an activating group) is 1. The summed E-state index contributed by atoms with van der Waals surface area (Å²) in [6, 6.07) is 0. The third kappa shape index (κ3) is 1.69. The lowest BCUT2D eigenvalue weighted by Crippen LogP contribution is -2.13. The molecule has 1 aromatic heterocycles. The first-order valence-corrected chi connectivity index (χ1v) is 5.33. The van der Waals surface area contributed by atoms with E-state index in [4.69, 9.17) is 0 Å². The molecule has 13 heavy (non-hydrogen) atoms. The van der Waals surface area contributed by atoms with Gasteiger partial charge in [0.15, 0.2) is 5.06 Å². The van der Waals surface area contributed by atoms with Crippen molar-refractivity contribution in [1.82, 2.24) is 9.88 Å². The topological polar surface area (TPSA) is 36.4 Å². The molecule has 2 heterocycles. The van der Waals surface area contributed by atoms with Gasteiger partial charge in [0.2, 0.25) is 0 Å². The third-order valence-electron chi connectivity index (χ3n) is 2.53. The molecule has 1 aliphatic rings. The summed E-state index contributed by atoms with van der Waals surface area (Å²) in [6.45, 7) is 4.07. The van der Waals surface area contributed by atoms with Crippen LogP contribution in [0.1, 0.15) is 23.0 Å². The molecule has 0 radical (unpaired) electrons. The summed E-state index contributed by atoms with van der Waals surface area (Å²) >= 11 is 1.43. The summed E-state index contributed by atoms with van der Waals surface area (Å²) in [5, 5.41) is 10.9. The fraction of sp³-hybridized carbons (Fsp3) is 0.667. The minimum Gasteiger partial charge on any atom is -0.498 e. The predicted octanol–water partition coefficient (Wildman–Crippen LogP) is 1.58. The molecule has 0 bridgehead atoms. The molecular weight excluding hydrogens is 184 g/mol. The van der Waals surface area contributed by atoms with Crippen molar-refractivity contribution in [3.05, 3.63) is 10.7 Å². The normalized spacial score (nSPS) is 24.0. The molecule has 0 amide bonds. The van der Waals surface area contributed by atoms with E-state index < -0.39 is 0 Å². The second kappa shape index (κ2) is 3.27. The average molecular weight is 198 g/mol. The number of aromatic nitrogens is 1. The smallest absolute Gasteiger partial charge is 0.194 e. The van der Waals surface area contributed by atoms with Crippen LogP contribution in [0.3, 0.4) is 0 Å². The van der Waals surface area contributed by atoms with E-state index >= 15 is 0 Å². The highest BCUT2D eigenvalue weighted by molar-refractivity contribution is 7.13. The van der Waals surface area contributed by atoms with Gasteiger partial charge in [0.05, 0.1) is 5.69 Å². The number of thiazole rings is 1. The quantitative estimate of drug-likeness (QED) is 0.744. The third-order valence-corrected chi connectivity index (χ3v) is 3.65. The Kier molecular flexibility index (Phi) is 2.26. The Morgan fingerprint density at radius 2 is 2.38 bits per heavy atom. The molecule has 3 nitrogen and oxygen atoms in total. The lowest BCUT2D eigenvalue weighted by Gasteiger charge is -2.06. The highest BCUT2D eigenvalue weighted by atomic mass is 32.1. The second-order valence-electron chi connectivity index (χ2n) is 3.69. The highest BCUT2D eigenvalue weighted by Crippen LogP contribution is 2.34. The summed E-state index contributed by atoms with van der Waals surface area (Å²) in [4.78, 5) is 6.67. The summed E-state index contributed by atoms with van der Waals surface area (Å²) in [6.07, 6.45) is 1.17. The van der Waals surface area contributed by atoms with Crippen LogP contribution in [0.2, 0.25) is 0 Å². The molecule has 1 saturated heterocycles. The molecule has 1 unspecified atom stereocenters. The van der Waals surface area contributed by atoms with E-state index in [0.717, 1.165) is 23.8 Å². The summed E-state index contributed by atoms with van der Waals surface area (Å²) in [7, 11) is 2.13. The minimum absolute atomic E-state index is 0.379. The predicted molar refractivity (Wildman–Crippen MR) is 53.4 cm³/mol. The zero-order chi connectivity index (χ0) is 9.42.